The molecule has 7 heteroatoms. The van der Waals surface area contributed by atoms with Crippen molar-refractivity contribution >= 4 is 34.5 Å². The van der Waals surface area contributed by atoms with Gasteiger partial charge in [-0.25, -0.2) is 4.79 Å². The topological polar surface area (TPSA) is 64.4 Å². The largest absolute Gasteiger partial charge is 0.444 e. The molecule has 1 unspecified atom stereocenters. The SMILES string of the molecule is CC(C)N(CC(=O)C(c1ccccc1)n1ccc(I)n1)C(=O)OC(C)(C)C. The van der Waals surface area contributed by atoms with Gasteiger partial charge in [0.15, 0.2) is 5.78 Å². The lowest BCUT2D eigenvalue weighted by Gasteiger charge is -2.30. The van der Waals surface area contributed by atoms with Crippen molar-refractivity contribution in [2.24, 2.45) is 0 Å². The predicted octanol–water partition coefficient (Wildman–Crippen LogP) is 4.29. The van der Waals surface area contributed by atoms with Crippen LogP contribution in [0, 0.1) is 3.70 Å². The minimum Gasteiger partial charge on any atom is -0.444 e. The zero-order chi connectivity index (χ0) is 20.2. The Morgan fingerprint density at radius 2 is 1.81 bits per heavy atom. The molecule has 1 aromatic carbocycles. The van der Waals surface area contributed by atoms with E-state index in [2.05, 4.69) is 27.7 Å². The molecule has 0 fully saturated rings. The van der Waals surface area contributed by atoms with Crippen molar-refractivity contribution in [2.75, 3.05) is 6.54 Å². The van der Waals surface area contributed by atoms with Crippen molar-refractivity contribution in [1.82, 2.24) is 14.7 Å². The minimum atomic E-state index is -0.621. The molecule has 2 rings (SSSR count). The second kappa shape index (κ2) is 8.86. The van der Waals surface area contributed by atoms with E-state index in [4.69, 9.17) is 4.74 Å². The van der Waals surface area contributed by atoms with Gasteiger partial charge in [-0.2, -0.15) is 5.10 Å². The first-order chi connectivity index (χ1) is 12.6. The lowest BCUT2D eigenvalue weighted by atomic mass is 10.0. The number of rotatable bonds is 6. The van der Waals surface area contributed by atoms with Crippen LogP contribution in [0.1, 0.15) is 46.2 Å². The molecular weight excluding hydrogens is 457 g/mol. The number of aromatic nitrogens is 2. The maximum absolute atomic E-state index is 13.2. The normalized spacial score (nSPS) is 12.7. The summed E-state index contributed by atoms with van der Waals surface area (Å²) >= 11 is 2.11. The molecule has 146 valence electrons. The Morgan fingerprint density at radius 1 is 1.19 bits per heavy atom. The van der Waals surface area contributed by atoms with Gasteiger partial charge in [0, 0.05) is 12.2 Å². The van der Waals surface area contributed by atoms with E-state index >= 15 is 0 Å². The smallest absolute Gasteiger partial charge is 0.410 e. The Bertz CT molecular complexity index is 781. The van der Waals surface area contributed by atoms with Crippen LogP contribution in [0.2, 0.25) is 0 Å². The summed E-state index contributed by atoms with van der Waals surface area (Å²) in [6.07, 6.45) is 1.29. The third-order valence-corrected chi connectivity index (χ3v) is 4.41. The van der Waals surface area contributed by atoms with E-state index in [0.29, 0.717) is 0 Å². The monoisotopic (exact) mass is 483 g/mol. The molecule has 27 heavy (non-hydrogen) atoms. The van der Waals surface area contributed by atoms with Crippen molar-refractivity contribution in [2.45, 2.75) is 52.3 Å². The molecule has 1 heterocycles. The van der Waals surface area contributed by atoms with Crippen molar-refractivity contribution in [3.05, 3.63) is 51.9 Å². The first-order valence-corrected chi connectivity index (χ1v) is 9.94. The number of Topliss-reactive ketones (excluding diaryl/α,β-unsaturated/α-hetero) is 1. The maximum Gasteiger partial charge on any atom is 0.410 e. The third-order valence-electron chi connectivity index (χ3n) is 3.84. The number of halogens is 1. The highest BCUT2D eigenvalue weighted by Crippen LogP contribution is 2.21. The van der Waals surface area contributed by atoms with Gasteiger partial charge in [-0.15, -0.1) is 0 Å². The van der Waals surface area contributed by atoms with E-state index < -0.39 is 17.7 Å². The van der Waals surface area contributed by atoms with Crippen molar-refractivity contribution in [3.63, 3.8) is 0 Å². The molecule has 2 aromatic rings. The van der Waals surface area contributed by atoms with Gasteiger partial charge in [-0.3, -0.25) is 14.4 Å². The first kappa shape index (κ1) is 21.4. The fourth-order valence-corrected chi connectivity index (χ4v) is 3.02. The third kappa shape index (κ3) is 6.05. The lowest BCUT2D eigenvalue weighted by molar-refractivity contribution is -0.123. The quantitative estimate of drug-likeness (QED) is 0.576. The van der Waals surface area contributed by atoms with Gasteiger partial charge in [0.1, 0.15) is 15.3 Å². The maximum atomic E-state index is 13.2. The molecule has 0 aliphatic carbocycles. The Morgan fingerprint density at radius 3 is 2.30 bits per heavy atom. The molecular formula is C20H26IN3O3. The fourth-order valence-electron chi connectivity index (χ4n) is 2.61. The van der Waals surface area contributed by atoms with Gasteiger partial charge in [0.25, 0.3) is 0 Å². The van der Waals surface area contributed by atoms with Gasteiger partial charge in [0.05, 0.1) is 6.54 Å². The number of hydrogen-bond acceptors (Lipinski definition) is 4. The molecule has 1 aromatic heterocycles. The van der Waals surface area contributed by atoms with Crippen LogP contribution in [0.3, 0.4) is 0 Å². The van der Waals surface area contributed by atoms with E-state index in [1.165, 1.54) is 4.90 Å². The second-order valence-corrected chi connectivity index (χ2v) is 8.71. The van der Waals surface area contributed by atoms with Crippen molar-refractivity contribution in [3.8, 4) is 0 Å². The number of carbonyl (C=O) groups excluding carboxylic acids is 2. The van der Waals surface area contributed by atoms with Gasteiger partial charge in [-0.1, -0.05) is 30.3 Å². The van der Waals surface area contributed by atoms with Crippen molar-refractivity contribution in [1.29, 1.82) is 0 Å². The first-order valence-electron chi connectivity index (χ1n) is 8.86. The van der Waals surface area contributed by atoms with Gasteiger partial charge in [0.2, 0.25) is 0 Å². The fraction of sp³-hybridized carbons (Fsp3) is 0.450. The van der Waals surface area contributed by atoms with Crippen LogP contribution in [-0.2, 0) is 9.53 Å². The average Bonchev–Trinajstić information content (AvgIpc) is 2.97. The summed E-state index contributed by atoms with van der Waals surface area (Å²) in [6, 6.07) is 10.5. The van der Waals surface area contributed by atoms with Crippen LogP contribution in [0.5, 0.6) is 0 Å². The summed E-state index contributed by atoms with van der Waals surface area (Å²) in [5, 5.41) is 4.41. The summed E-state index contributed by atoms with van der Waals surface area (Å²) in [4.78, 5) is 27.2. The highest BCUT2D eigenvalue weighted by atomic mass is 127. The van der Waals surface area contributed by atoms with Crippen LogP contribution in [-0.4, -0.2) is 44.7 Å². The molecule has 0 spiro atoms. The van der Waals surface area contributed by atoms with Gasteiger partial charge in [-0.05, 0) is 68.8 Å². The molecule has 0 saturated heterocycles. The number of ketones is 1. The molecule has 1 atom stereocenters. The van der Waals surface area contributed by atoms with E-state index in [0.717, 1.165) is 9.26 Å². The van der Waals surface area contributed by atoms with Crippen LogP contribution < -0.4 is 0 Å². The lowest BCUT2D eigenvalue weighted by Crippen LogP contribution is -2.45. The van der Waals surface area contributed by atoms with Crippen molar-refractivity contribution < 1.29 is 14.3 Å². The number of benzene rings is 1. The summed E-state index contributed by atoms with van der Waals surface area (Å²) in [5.41, 5.74) is 0.208. The molecule has 1 amide bonds. The summed E-state index contributed by atoms with van der Waals surface area (Å²) in [7, 11) is 0. The van der Waals surface area contributed by atoms with Crippen LogP contribution in [0.15, 0.2) is 42.6 Å². The molecule has 0 radical (unpaired) electrons. The van der Waals surface area contributed by atoms with E-state index in [1.807, 2.05) is 71.0 Å². The van der Waals surface area contributed by atoms with Crippen LogP contribution in [0.4, 0.5) is 4.79 Å². The Kier molecular flexibility index (Phi) is 7.02. The number of hydrogen-bond donors (Lipinski definition) is 0. The van der Waals surface area contributed by atoms with E-state index in [1.54, 1.807) is 10.9 Å². The summed E-state index contributed by atoms with van der Waals surface area (Å²) < 4.78 is 7.91. The zero-order valence-corrected chi connectivity index (χ0v) is 18.5. The minimum absolute atomic E-state index is 0.0530. The van der Waals surface area contributed by atoms with E-state index in [-0.39, 0.29) is 18.4 Å². The second-order valence-electron chi connectivity index (χ2n) is 7.60. The molecule has 0 bridgehead atoms. The summed E-state index contributed by atoms with van der Waals surface area (Å²) in [5.74, 6) is -0.125. The number of ether oxygens (including phenoxy) is 1. The highest BCUT2D eigenvalue weighted by Gasteiger charge is 2.30. The molecule has 6 nitrogen and oxygen atoms in total. The Labute approximate surface area is 174 Å². The molecule has 0 aliphatic heterocycles. The van der Waals surface area contributed by atoms with Crippen LogP contribution in [0.25, 0.3) is 0 Å². The van der Waals surface area contributed by atoms with E-state index in [9.17, 15) is 9.59 Å². The Balaban J connectivity index is 2.30. The number of carbonyl (C=O) groups is 2. The number of amides is 1. The number of nitrogens with zero attached hydrogens (tertiary/aromatic N) is 3. The Hall–Kier alpha value is -1.90. The predicted molar refractivity (Wildman–Crippen MR) is 113 cm³/mol. The summed E-state index contributed by atoms with van der Waals surface area (Å²) in [6.45, 7) is 9.11. The zero-order valence-electron chi connectivity index (χ0n) is 16.3. The van der Waals surface area contributed by atoms with Gasteiger partial charge >= 0.3 is 6.09 Å². The molecule has 0 aliphatic rings. The van der Waals surface area contributed by atoms with Gasteiger partial charge < -0.3 is 4.74 Å². The highest BCUT2D eigenvalue weighted by molar-refractivity contribution is 14.1. The molecule has 0 N–H and O–H groups in total. The molecule has 0 saturated carbocycles. The standard InChI is InChI=1S/C20H26IN3O3/c1-14(2)23(19(26)27-20(3,4)5)13-16(25)18(15-9-7-6-8-10-15)24-12-11-17(21)22-24/h6-12,14,18H,13H2,1-5H3. The average molecular weight is 483 g/mol. The van der Waals surface area contributed by atoms with Crippen LogP contribution >= 0.6 is 22.6 Å².